The molecule has 0 heterocycles. The fraction of sp³-hybridized carbons (Fsp3) is 0.333. The third kappa shape index (κ3) is 6.00. The molecule has 0 aliphatic rings. The van der Waals surface area contributed by atoms with Gasteiger partial charge in [-0.25, -0.2) is 0 Å². The topological polar surface area (TPSA) is 67.4 Å². The van der Waals surface area contributed by atoms with Gasteiger partial charge in [-0.2, -0.15) is 0 Å². The number of carbonyl (C=O) groups is 2. The van der Waals surface area contributed by atoms with Crippen LogP contribution in [0.4, 0.5) is 0 Å². The highest BCUT2D eigenvalue weighted by molar-refractivity contribution is 6.32. The maximum atomic E-state index is 12.1. The summed E-state index contributed by atoms with van der Waals surface area (Å²) in [6.07, 6.45) is 0. The van der Waals surface area contributed by atoms with E-state index in [1.165, 1.54) is 0 Å². The predicted octanol–water partition coefficient (Wildman–Crippen LogP) is 3.50. The number of carbonyl (C=O) groups excluding carboxylic acids is 2. The van der Waals surface area contributed by atoms with Crippen molar-refractivity contribution in [3.05, 3.63) is 63.2 Å². The first kappa shape index (κ1) is 20.8. The molecule has 0 saturated heterocycles. The minimum Gasteiger partial charge on any atom is -0.484 e. The van der Waals surface area contributed by atoms with Crippen LogP contribution in [0, 0.1) is 27.7 Å². The lowest BCUT2D eigenvalue weighted by Crippen LogP contribution is -2.36. The summed E-state index contributed by atoms with van der Waals surface area (Å²) in [4.78, 5) is 24.0. The summed E-state index contributed by atoms with van der Waals surface area (Å²) in [5, 5.41) is 6.20. The minimum absolute atomic E-state index is 0.0917. The summed E-state index contributed by atoms with van der Waals surface area (Å²) >= 11 is 6.11. The van der Waals surface area contributed by atoms with Gasteiger partial charge in [0, 0.05) is 23.7 Å². The summed E-state index contributed by atoms with van der Waals surface area (Å²) in [6.45, 7) is 8.33. The molecule has 2 aromatic carbocycles. The van der Waals surface area contributed by atoms with Crippen molar-refractivity contribution in [1.82, 2.24) is 10.6 Å². The van der Waals surface area contributed by atoms with Crippen LogP contribution in [0.3, 0.4) is 0 Å². The second-order valence-corrected chi connectivity index (χ2v) is 6.94. The van der Waals surface area contributed by atoms with Gasteiger partial charge >= 0.3 is 0 Å². The smallest absolute Gasteiger partial charge is 0.258 e. The van der Waals surface area contributed by atoms with Gasteiger partial charge in [-0.1, -0.05) is 17.7 Å². The Balaban J connectivity index is 1.71. The van der Waals surface area contributed by atoms with Crippen molar-refractivity contribution in [3.63, 3.8) is 0 Å². The first-order chi connectivity index (χ1) is 12.8. The van der Waals surface area contributed by atoms with Crippen molar-refractivity contribution in [2.24, 2.45) is 0 Å². The normalized spacial score (nSPS) is 10.4. The fourth-order valence-corrected chi connectivity index (χ4v) is 2.66. The molecule has 2 aromatic rings. The van der Waals surface area contributed by atoms with Gasteiger partial charge in [0.05, 0.1) is 0 Å². The van der Waals surface area contributed by atoms with Crippen LogP contribution in [0.5, 0.6) is 5.75 Å². The minimum atomic E-state index is -0.249. The number of aryl methyl sites for hydroxylation is 4. The third-order valence-electron chi connectivity index (χ3n) is 4.28. The lowest BCUT2D eigenvalue weighted by Gasteiger charge is -2.11. The van der Waals surface area contributed by atoms with Crippen molar-refractivity contribution >= 4 is 23.4 Å². The molecule has 0 spiro atoms. The largest absolute Gasteiger partial charge is 0.484 e. The summed E-state index contributed by atoms with van der Waals surface area (Å²) in [7, 11) is 0. The van der Waals surface area contributed by atoms with E-state index in [4.69, 9.17) is 16.3 Å². The molecule has 2 rings (SSSR count). The number of halogens is 1. The molecule has 6 heteroatoms. The molecule has 27 heavy (non-hydrogen) atoms. The van der Waals surface area contributed by atoms with Gasteiger partial charge in [0.1, 0.15) is 5.75 Å². The highest BCUT2D eigenvalue weighted by Gasteiger charge is 2.08. The monoisotopic (exact) mass is 388 g/mol. The Morgan fingerprint density at radius 1 is 0.889 bits per heavy atom. The van der Waals surface area contributed by atoms with E-state index in [0.717, 1.165) is 22.3 Å². The fourth-order valence-electron chi connectivity index (χ4n) is 2.55. The standard InChI is InChI=1S/C21H25ClN2O3/c1-13-5-6-17(9-14(13)2)21(26)24-8-7-23-19(25)12-27-18-10-15(3)20(22)16(4)11-18/h5-6,9-11H,7-8,12H2,1-4H3,(H,23,25)(H,24,26). The molecule has 2 N–H and O–H groups in total. The van der Waals surface area contributed by atoms with E-state index in [-0.39, 0.29) is 18.4 Å². The van der Waals surface area contributed by atoms with Crippen LogP contribution in [-0.4, -0.2) is 31.5 Å². The number of hydrogen-bond acceptors (Lipinski definition) is 3. The van der Waals surface area contributed by atoms with Gasteiger partial charge in [-0.05, 0) is 74.2 Å². The van der Waals surface area contributed by atoms with E-state index < -0.39 is 0 Å². The van der Waals surface area contributed by atoms with Crippen LogP contribution in [-0.2, 0) is 4.79 Å². The van der Waals surface area contributed by atoms with Crippen LogP contribution in [0.25, 0.3) is 0 Å². The highest BCUT2D eigenvalue weighted by Crippen LogP contribution is 2.25. The van der Waals surface area contributed by atoms with Gasteiger partial charge in [0.25, 0.3) is 11.8 Å². The van der Waals surface area contributed by atoms with E-state index in [9.17, 15) is 9.59 Å². The molecule has 0 aliphatic carbocycles. The molecule has 0 bridgehead atoms. The maximum absolute atomic E-state index is 12.1. The van der Waals surface area contributed by atoms with Gasteiger partial charge in [0.2, 0.25) is 0 Å². The summed E-state index contributed by atoms with van der Waals surface area (Å²) in [5.74, 6) is 0.198. The Kier molecular flexibility index (Phi) is 7.25. The van der Waals surface area contributed by atoms with Crippen molar-refractivity contribution in [2.45, 2.75) is 27.7 Å². The number of nitrogens with one attached hydrogen (secondary N) is 2. The van der Waals surface area contributed by atoms with E-state index in [0.29, 0.717) is 29.4 Å². The molecule has 0 atom stereocenters. The molecular weight excluding hydrogens is 364 g/mol. The Hall–Kier alpha value is -2.53. The number of hydrogen-bond donors (Lipinski definition) is 2. The molecule has 0 unspecified atom stereocenters. The van der Waals surface area contributed by atoms with E-state index in [1.54, 1.807) is 18.2 Å². The molecule has 0 saturated carbocycles. The number of rotatable bonds is 7. The Morgan fingerprint density at radius 3 is 2.15 bits per heavy atom. The van der Waals surface area contributed by atoms with E-state index in [2.05, 4.69) is 10.6 Å². The van der Waals surface area contributed by atoms with Gasteiger partial charge < -0.3 is 15.4 Å². The first-order valence-corrected chi connectivity index (χ1v) is 9.17. The van der Waals surface area contributed by atoms with Crippen LogP contribution >= 0.6 is 11.6 Å². The van der Waals surface area contributed by atoms with Crippen molar-refractivity contribution in [1.29, 1.82) is 0 Å². The molecule has 144 valence electrons. The Labute approximate surface area is 165 Å². The highest BCUT2D eigenvalue weighted by atomic mass is 35.5. The second kappa shape index (κ2) is 9.42. The average molecular weight is 389 g/mol. The SMILES string of the molecule is Cc1ccc(C(=O)NCCNC(=O)COc2cc(C)c(Cl)c(C)c2)cc1C. The maximum Gasteiger partial charge on any atom is 0.258 e. The average Bonchev–Trinajstić information content (AvgIpc) is 2.63. The van der Waals surface area contributed by atoms with Crippen molar-refractivity contribution < 1.29 is 14.3 Å². The Morgan fingerprint density at radius 2 is 1.52 bits per heavy atom. The number of benzene rings is 2. The van der Waals surface area contributed by atoms with Gasteiger partial charge in [-0.15, -0.1) is 0 Å². The third-order valence-corrected chi connectivity index (χ3v) is 4.88. The van der Waals surface area contributed by atoms with Crippen LogP contribution in [0.2, 0.25) is 5.02 Å². The molecule has 5 nitrogen and oxygen atoms in total. The summed E-state index contributed by atoms with van der Waals surface area (Å²) in [6, 6.07) is 9.16. The lowest BCUT2D eigenvalue weighted by molar-refractivity contribution is -0.123. The molecule has 0 fully saturated rings. The summed E-state index contributed by atoms with van der Waals surface area (Å²) in [5.41, 5.74) is 4.63. The summed E-state index contributed by atoms with van der Waals surface area (Å²) < 4.78 is 5.50. The zero-order valence-electron chi connectivity index (χ0n) is 16.1. The number of ether oxygens (including phenoxy) is 1. The van der Waals surface area contributed by atoms with Gasteiger partial charge in [-0.3, -0.25) is 9.59 Å². The van der Waals surface area contributed by atoms with Gasteiger partial charge in [0.15, 0.2) is 6.61 Å². The van der Waals surface area contributed by atoms with Crippen LogP contribution in [0.1, 0.15) is 32.6 Å². The zero-order chi connectivity index (χ0) is 20.0. The molecule has 0 aromatic heterocycles. The molecular formula is C21H25ClN2O3. The number of amides is 2. The molecule has 0 aliphatic heterocycles. The molecule has 2 amide bonds. The first-order valence-electron chi connectivity index (χ1n) is 8.79. The predicted molar refractivity (Wildman–Crippen MR) is 108 cm³/mol. The van der Waals surface area contributed by atoms with Crippen LogP contribution in [0.15, 0.2) is 30.3 Å². The van der Waals surface area contributed by atoms with Crippen LogP contribution < -0.4 is 15.4 Å². The molecule has 0 radical (unpaired) electrons. The Bertz CT molecular complexity index is 826. The lowest BCUT2D eigenvalue weighted by atomic mass is 10.1. The second-order valence-electron chi connectivity index (χ2n) is 6.56. The van der Waals surface area contributed by atoms with Crippen molar-refractivity contribution in [3.8, 4) is 5.75 Å². The van der Waals surface area contributed by atoms with E-state index in [1.807, 2.05) is 39.8 Å². The quantitative estimate of drug-likeness (QED) is 0.713. The zero-order valence-corrected chi connectivity index (χ0v) is 16.9. The van der Waals surface area contributed by atoms with Crippen molar-refractivity contribution in [2.75, 3.05) is 19.7 Å². The van der Waals surface area contributed by atoms with E-state index >= 15 is 0 Å².